The third kappa shape index (κ3) is 2.62. The van der Waals surface area contributed by atoms with Crippen molar-refractivity contribution in [3.63, 3.8) is 0 Å². The van der Waals surface area contributed by atoms with Crippen LogP contribution in [0, 0.1) is 5.92 Å². The molecule has 0 spiro atoms. The van der Waals surface area contributed by atoms with Crippen LogP contribution < -0.4 is 9.47 Å². The predicted octanol–water partition coefficient (Wildman–Crippen LogP) is 2.89. The lowest BCUT2D eigenvalue weighted by Gasteiger charge is -2.09. The van der Waals surface area contributed by atoms with E-state index in [2.05, 4.69) is 26.7 Å². The molecule has 0 aromatic carbocycles. The van der Waals surface area contributed by atoms with E-state index in [-0.39, 0.29) is 6.01 Å². The van der Waals surface area contributed by atoms with Crippen molar-refractivity contribution in [2.24, 2.45) is 5.92 Å². The highest BCUT2D eigenvalue weighted by atomic mass is 35.5. The highest BCUT2D eigenvalue weighted by Crippen LogP contribution is 2.50. The average Bonchev–Trinajstić information content (AvgIpc) is 3.34. The first-order chi connectivity index (χ1) is 10.7. The fourth-order valence-corrected chi connectivity index (χ4v) is 2.63. The van der Waals surface area contributed by atoms with E-state index in [4.69, 9.17) is 21.1 Å². The topological polar surface area (TPSA) is 70.0 Å². The fourth-order valence-electron chi connectivity index (χ4n) is 2.40. The van der Waals surface area contributed by atoms with E-state index in [9.17, 15) is 0 Å². The molecular formula is C15H15ClN4O2. The molecule has 0 N–H and O–H groups in total. The minimum Gasteiger partial charge on any atom is -0.480 e. The third-order valence-corrected chi connectivity index (χ3v) is 4.00. The number of ether oxygens (including phenoxy) is 2. The van der Waals surface area contributed by atoms with Crippen LogP contribution in [0.1, 0.15) is 17.9 Å². The van der Waals surface area contributed by atoms with Crippen molar-refractivity contribution in [1.82, 2.24) is 20.2 Å². The molecule has 1 aliphatic carbocycles. The number of allylic oxidation sites excluding steroid dienone is 1. The first-order valence-electron chi connectivity index (χ1n) is 6.79. The summed E-state index contributed by atoms with van der Waals surface area (Å²) in [6.07, 6.45) is 4.58. The summed E-state index contributed by atoms with van der Waals surface area (Å²) in [7, 11) is 3.03. The Kier molecular flexibility index (Phi) is 3.94. The van der Waals surface area contributed by atoms with Gasteiger partial charge in [0.15, 0.2) is 5.15 Å². The van der Waals surface area contributed by atoms with Crippen LogP contribution in [0.5, 0.6) is 11.9 Å². The van der Waals surface area contributed by atoms with Gasteiger partial charge in [0, 0.05) is 6.20 Å². The van der Waals surface area contributed by atoms with E-state index in [1.165, 1.54) is 14.2 Å². The molecule has 0 aliphatic heterocycles. The Morgan fingerprint density at radius 3 is 2.77 bits per heavy atom. The van der Waals surface area contributed by atoms with E-state index in [1.807, 2.05) is 12.1 Å². The summed E-state index contributed by atoms with van der Waals surface area (Å²) in [4.78, 5) is 8.25. The summed E-state index contributed by atoms with van der Waals surface area (Å²) in [5.41, 5.74) is 2.23. The molecule has 22 heavy (non-hydrogen) atoms. The Morgan fingerprint density at radius 2 is 2.14 bits per heavy atom. The highest BCUT2D eigenvalue weighted by Gasteiger charge is 2.38. The van der Waals surface area contributed by atoms with Crippen molar-refractivity contribution < 1.29 is 9.47 Å². The number of hydrogen-bond donors (Lipinski definition) is 0. The predicted molar refractivity (Wildman–Crippen MR) is 82.2 cm³/mol. The van der Waals surface area contributed by atoms with Gasteiger partial charge in [0.25, 0.3) is 0 Å². The van der Waals surface area contributed by atoms with Gasteiger partial charge in [0.05, 0.1) is 19.8 Å². The van der Waals surface area contributed by atoms with E-state index >= 15 is 0 Å². The Labute approximate surface area is 133 Å². The number of methoxy groups -OCH3 is 2. The van der Waals surface area contributed by atoms with Gasteiger partial charge >= 0.3 is 6.01 Å². The third-order valence-electron chi connectivity index (χ3n) is 3.70. The Bertz CT molecular complexity index is 723. The monoisotopic (exact) mass is 318 g/mol. The van der Waals surface area contributed by atoms with Crippen LogP contribution in [0.25, 0.3) is 11.3 Å². The van der Waals surface area contributed by atoms with Crippen molar-refractivity contribution in [3.05, 3.63) is 35.6 Å². The normalized spacial score (nSPS) is 19.6. The summed E-state index contributed by atoms with van der Waals surface area (Å²) in [6, 6.07) is 2.15. The average molecular weight is 319 g/mol. The highest BCUT2D eigenvalue weighted by molar-refractivity contribution is 6.30. The summed E-state index contributed by atoms with van der Waals surface area (Å²) >= 11 is 6.17. The molecule has 2 aromatic rings. The molecule has 7 heteroatoms. The van der Waals surface area contributed by atoms with Crippen LogP contribution in [0.15, 0.2) is 24.9 Å². The molecule has 114 valence electrons. The second-order valence-corrected chi connectivity index (χ2v) is 5.36. The van der Waals surface area contributed by atoms with Gasteiger partial charge in [-0.2, -0.15) is 4.98 Å². The van der Waals surface area contributed by atoms with Crippen LogP contribution >= 0.6 is 11.6 Å². The van der Waals surface area contributed by atoms with Gasteiger partial charge in [0.1, 0.15) is 5.69 Å². The Morgan fingerprint density at radius 1 is 1.32 bits per heavy atom. The lowest BCUT2D eigenvalue weighted by atomic mass is 10.1. The molecule has 1 aliphatic rings. The van der Waals surface area contributed by atoms with Crippen molar-refractivity contribution in [1.29, 1.82) is 0 Å². The smallest absolute Gasteiger partial charge is 0.319 e. The number of hydrogen-bond acceptors (Lipinski definition) is 6. The number of rotatable bonds is 5. The zero-order chi connectivity index (χ0) is 15.7. The molecule has 0 radical (unpaired) electrons. The maximum absolute atomic E-state index is 6.17. The van der Waals surface area contributed by atoms with Gasteiger partial charge in [-0.3, -0.25) is 0 Å². The van der Waals surface area contributed by atoms with Gasteiger partial charge in [-0.1, -0.05) is 17.7 Å². The van der Waals surface area contributed by atoms with Crippen molar-refractivity contribution in [2.75, 3.05) is 14.2 Å². The zero-order valence-corrected chi connectivity index (χ0v) is 13.0. The molecule has 1 fully saturated rings. The molecule has 3 rings (SSSR count). The van der Waals surface area contributed by atoms with Crippen LogP contribution in [-0.4, -0.2) is 34.4 Å². The molecule has 0 amide bonds. The largest absolute Gasteiger partial charge is 0.480 e. The number of nitrogens with zero attached hydrogens (tertiary/aromatic N) is 4. The fraction of sp³-hybridized carbons (Fsp3) is 0.333. The van der Waals surface area contributed by atoms with Crippen LogP contribution in [-0.2, 0) is 0 Å². The Balaban J connectivity index is 2.02. The molecule has 0 saturated heterocycles. The second-order valence-electron chi connectivity index (χ2n) is 5.00. The molecule has 6 nitrogen and oxygen atoms in total. The van der Waals surface area contributed by atoms with Crippen LogP contribution in [0.3, 0.4) is 0 Å². The summed E-state index contributed by atoms with van der Waals surface area (Å²) in [6.45, 7) is 3.82. The van der Waals surface area contributed by atoms with E-state index in [0.717, 1.165) is 12.0 Å². The molecule has 0 unspecified atom stereocenters. The van der Waals surface area contributed by atoms with Gasteiger partial charge in [0.2, 0.25) is 5.88 Å². The molecule has 2 heterocycles. The number of aromatic nitrogens is 4. The van der Waals surface area contributed by atoms with E-state index in [1.54, 1.807) is 6.20 Å². The SMILES string of the molecule is C=C[C@H]1C[C@@H]1c1cc(-c2cnc(OC)nc2OC)nnc1Cl. The van der Waals surface area contributed by atoms with Gasteiger partial charge in [-0.05, 0) is 29.9 Å². The zero-order valence-electron chi connectivity index (χ0n) is 12.3. The van der Waals surface area contributed by atoms with Gasteiger partial charge in [-0.25, -0.2) is 4.98 Å². The first kappa shape index (κ1) is 14.7. The quantitative estimate of drug-likeness (QED) is 0.789. The van der Waals surface area contributed by atoms with Crippen molar-refractivity contribution in [2.45, 2.75) is 12.3 Å². The van der Waals surface area contributed by atoms with Crippen LogP contribution in [0.2, 0.25) is 5.15 Å². The Hall–Kier alpha value is -2.21. The maximum Gasteiger partial charge on any atom is 0.319 e. The lowest BCUT2D eigenvalue weighted by Crippen LogP contribution is -2.00. The second kappa shape index (κ2) is 5.88. The van der Waals surface area contributed by atoms with Gasteiger partial charge < -0.3 is 9.47 Å². The summed E-state index contributed by atoms with van der Waals surface area (Å²) in [5.74, 6) is 1.18. The molecule has 2 aromatic heterocycles. The van der Waals surface area contributed by atoms with Crippen molar-refractivity contribution >= 4 is 11.6 Å². The maximum atomic E-state index is 6.17. The summed E-state index contributed by atoms with van der Waals surface area (Å²) in [5, 5.41) is 8.59. The van der Waals surface area contributed by atoms with E-state index in [0.29, 0.717) is 34.1 Å². The van der Waals surface area contributed by atoms with Crippen molar-refractivity contribution in [3.8, 4) is 23.1 Å². The summed E-state index contributed by atoms with van der Waals surface area (Å²) < 4.78 is 10.3. The first-order valence-corrected chi connectivity index (χ1v) is 7.16. The minimum atomic E-state index is 0.233. The van der Waals surface area contributed by atoms with E-state index < -0.39 is 0 Å². The standard InChI is InChI=1S/C15H15ClN4O2/c1-4-8-5-9(8)10-6-12(19-20-13(10)16)11-7-17-15(22-3)18-14(11)21-2/h4,6-9H,1,5H2,2-3H3/t8-,9-/m0/s1. The molecular weight excluding hydrogens is 304 g/mol. The molecule has 2 atom stereocenters. The molecule has 0 bridgehead atoms. The minimum absolute atomic E-state index is 0.233. The van der Waals surface area contributed by atoms with Gasteiger partial charge in [-0.15, -0.1) is 16.8 Å². The lowest BCUT2D eigenvalue weighted by molar-refractivity contribution is 0.353. The van der Waals surface area contributed by atoms with Crippen LogP contribution in [0.4, 0.5) is 0 Å². The number of halogens is 1. The molecule has 1 saturated carbocycles.